The van der Waals surface area contributed by atoms with E-state index in [1.807, 2.05) is 12.1 Å². The normalized spacial score (nSPS) is 10.5. The summed E-state index contributed by atoms with van der Waals surface area (Å²) < 4.78 is 5.94. The Bertz CT molecular complexity index is 837. The Morgan fingerprint density at radius 3 is 2.28 bits per heavy atom. The van der Waals surface area contributed by atoms with Crippen LogP contribution in [0.25, 0.3) is 0 Å². The predicted octanol–water partition coefficient (Wildman–Crippen LogP) is 5.80. The van der Waals surface area contributed by atoms with Crippen molar-refractivity contribution in [3.05, 3.63) is 94.5 Å². The quantitative estimate of drug-likeness (QED) is 0.616. The summed E-state index contributed by atoms with van der Waals surface area (Å²) in [6.45, 7) is 7.72. The average molecular weight is 331 g/mol. The third-order valence-electron chi connectivity index (χ3n) is 4.29. The van der Waals surface area contributed by atoms with Crippen molar-refractivity contribution in [2.75, 3.05) is 5.32 Å². The Hall–Kier alpha value is -2.74. The molecule has 0 fully saturated rings. The summed E-state index contributed by atoms with van der Waals surface area (Å²) in [6.07, 6.45) is 0. The van der Waals surface area contributed by atoms with Crippen molar-refractivity contribution in [2.24, 2.45) is 0 Å². The van der Waals surface area contributed by atoms with E-state index in [0.29, 0.717) is 6.61 Å². The number of nitrogens with one attached hydrogen (secondary N) is 1. The maximum absolute atomic E-state index is 5.94. The molecule has 2 nitrogen and oxygen atoms in total. The third kappa shape index (κ3) is 4.87. The van der Waals surface area contributed by atoms with E-state index >= 15 is 0 Å². The minimum atomic E-state index is 0.592. The van der Waals surface area contributed by atoms with E-state index in [2.05, 4.69) is 80.7 Å². The Balaban J connectivity index is 1.60. The zero-order valence-electron chi connectivity index (χ0n) is 15.2. The summed E-state index contributed by atoms with van der Waals surface area (Å²) >= 11 is 0. The van der Waals surface area contributed by atoms with E-state index in [1.165, 1.54) is 33.5 Å². The van der Waals surface area contributed by atoms with E-state index in [-0.39, 0.29) is 0 Å². The summed E-state index contributed by atoms with van der Waals surface area (Å²) in [7, 11) is 0. The van der Waals surface area contributed by atoms with Gasteiger partial charge >= 0.3 is 0 Å². The molecule has 0 atom stereocenters. The molecule has 128 valence electrons. The summed E-state index contributed by atoms with van der Waals surface area (Å²) in [5.41, 5.74) is 7.40. The molecule has 25 heavy (non-hydrogen) atoms. The van der Waals surface area contributed by atoms with Crippen LogP contribution in [0.5, 0.6) is 5.75 Å². The maximum Gasteiger partial charge on any atom is 0.120 e. The monoisotopic (exact) mass is 331 g/mol. The molecule has 0 bridgehead atoms. The zero-order chi connectivity index (χ0) is 17.6. The maximum atomic E-state index is 5.94. The summed E-state index contributed by atoms with van der Waals surface area (Å²) in [6, 6.07) is 23.2. The molecule has 1 N–H and O–H groups in total. The lowest BCUT2D eigenvalue weighted by Crippen LogP contribution is -2.02. The second kappa shape index (κ2) is 7.89. The van der Waals surface area contributed by atoms with Crippen LogP contribution in [0.3, 0.4) is 0 Å². The van der Waals surface area contributed by atoms with Crippen LogP contribution in [-0.2, 0) is 13.2 Å². The largest absolute Gasteiger partial charge is 0.489 e. The lowest BCUT2D eigenvalue weighted by atomic mass is 10.1. The van der Waals surface area contributed by atoms with Crippen molar-refractivity contribution < 1.29 is 4.74 Å². The molecule has 0 spiro atoms. The molecule has 0 aliphatic heterocycles. The van der Waals surface area contributed by atoms with Crippen LogP contribution in [0.4, 0.5) is 5.69 Å². The fourth-order valence-corrected chi connectivity index (χ4v) is 2.81. The molecular formula is C23H25NO. The second-order valence-corrected chi connectivity index (χ2v) is 6.59. The molecule has 3 aromatic rings. The highest BCUT2D eigenvalue weighted by Crippen LogP contribution is 2.19. The third-order valence-corrected chi connectivity index (χ3v) is 4.29. The van der Waals surface area contributed by atoms with Gasteiger partial charge in [-0.2, -0.15) is 0 Å². The van der Waals surface area contributed by atoms with Crippen LogP contribution >= 0.6 is 0 Å². The molecule has 0 aromatic heterocycles. The van der Waals surface area contributed by atoms with Crippen molar-refractivity contribution in [2.45, 2.75) is 33.9 Å². The number of anilines is 1. The minimum Gasteiger partial charge on any atom is -0.489 e. The zero-order valence-corrected chi connectivity index (χ0v) is 15.2. The van der Waals surface area contributed by atoms with Gasteiger partial charge in [-0.05, 0) is 55.7 Å². The SMILES string of the molecule is Cc1ccc(COc2cccc(CNc3ccc(C)cc3C)c2)cc1. The fraction of sp³-hybridized carbons (Fsp3) is 0.217. The average Bonchev–Trinajstić information content (AvgIpc) is 2.61. The molecule has 2 heteroatoms. The number of aryl methyl sites for hydroxylation is 3. The number of rotatable bonds is 6. The fourth-order valence-electron chi connectivity index (χ4n) is 2.81. The molecular weight excluding hydrogens is 306 g/mol. The highest BCUT2D eigenvalue weighted by atomic mass is 16.5. The van der Waals surface area contributed by atoms with Crippen LogP contribution < -0.4 is 10.1 Å². The van der Waals surface area contributed by atoms with Gasteiger partial charge in [0.2, 0.25) is 0 Å². The van der Waals surface area contributed by atoms with Gasteiger partial charge < -0.3 is 10.1 Å². The van der Waals surface area contributed by atoms with Crippen LogP contribution in [0.1, 0.15) is 27.8 Å². The van der Waals surface area contributed by atoms with Crippen LogP contribution in [-0.4, -0.2) is 0 Å². The molecule has 3 aromatic carbocycles. The first-order valence-corrected chi connectivity index (χ1v) is 8.68. The number of benzene rings is 3. The van der Waals surface area contributed by atoms with E-state index in [1.54, 1.807) is 0 Å². The van der Waals surface area contributed by atoms with Gasteiger partial charge in [-0.1, -0.05) is 59.7 Å². The summed E-state index contributed by atoms with van der Waals surface area (Å²) in [5, 5.41) is 3.51. The Kier molecular flexibility index (Phi) is 5.39. The first-order chi connectivity index (χ1) is 12.1. The van der Waals surface area contributed by atoms with Gasteiger partial charge in [0.25, 0.3) is 0 Å². The van der Waals surface area contributed by atoms with Crippen molar-refractivity contribution in [1.82, 2.24) is 0 Å². The molecule has 0 aliphatic rings. The molecule has 3 rings (SSSR count). The number of hydrogen-bond acceptors (Lipinski definition) is 2. The Morgan fingerprint density at radius 1 is 0.760 bits per heavy atom. The minimum absolute atomic E-state index is 0.592. The molecule has 0 unspecified atom stereocenters. The lowest BCUT2D eigenvalue weighted by Gasteiger charge is -2.12. The van der Waals surface area contributed by atoms with Crippen molar-refractivity contribution in [3.8, 4) is 5.75 Å². The number of hydrogen-bond donors (Lipinski definition) is 1. The van der Waals surface area contributed by atoms with Gasteiger partial charge in [0, 0.05) is 12.2 Å². The van der Waals surface area contributed by atoms with Gasteiger partial charge in [0.05, 0.1) is 0 Å². The van der Waals surface area contributed by atoms with Crippen LogP contribution in [0.15, 0.2) is 66.7 Å². The van der Waals surface area contributed by atoms with Crippen molar-refractivity contribution in [3.63, 3.8) is 0 Å². The van der Waals surface area contributed by atoms with Gasteiger partial charge in [0.15, 0.2) is 0 Å². The van der Waals surface area contributed by atoms with Gasteiger partial charge in [-0.25, -0.2) is 0 Å². The smallest absolute Gasteiger partial charge is 0.120 e. The first-order valence-electron chi connectivity index (χ1n) is 8.68. The second-order valence-electron chi connectivity index (χ2n) is 6.59. The Morgan fingerprint density at radius 2 is 1.52 bits per heavy atom. The molecule has 0 radical (unpaired) electrons. The number of ether oxygens (including phenoxy) is 1. The topological polar surface area (TPSA) is 21.3 Å². The van der Waals surface area contributed by atoms with E-state index in [4.69, 9.17) is 4.74 Å². The highest BCUT2D eigenvalue weighted by Gasteiger charge is 2.01. The molecule has 0 saturated carbocycles. The van der Waals surface area contributed by atoms with Crippen LogP contribution in [0.2, 0.25) is 0 Å². The predicted molar refractivity (Wildman–Crippen MR) is 105 cm³/mol. The van der Waals surface area contributed by atoms with Crippen molar-refractivity contribution >= 4 is 5.69 Å². The molecule has 0 aliphatic carbocycles. The van der Waals surface area contributed by atoms with Gasteiger partial charge in [-0.3, -0.25) is 0 Å². The van der Waals surface area contributed by atoms with E-state index < -0.39 is 0 Å². The van der Waals surface area contributed by atoms with Gasteiger partial charge in [0.1, 0.15) is 12.4 Å². The molecule has 0 heterocycles. The standard InChI is InChI=1S/C23H25NO/c1-17-7-10-20(11-8-17)16-25-22-6-4-5-21(14-22)15-24-23-12-9-18(2)13-19(23)3/h4-14,24H,15-16H2,1-3H3. The lowest BCUT2D eigenvalue weighted by molar-refractivity contribution is 0.306. The van der Waals surface area contributed by atoms with Gasteiger partial charge in [-0.15, -0.1) is 0 Å². The van der Waals surface area contributed by atoms with E-state index in [0.717, 1.165) is 12.3 Å². The summed E-state index contributed by atoms with van der Waals surface area (Å²) in [4.78, 5) is 0. The molecule has 0 saturated heterocycles. The highest BCUT2D eigenvalue weighted by molar-refractivity contribution is 5.52. The van der Waals surface area contributed by atoms with Crippen LogP contribution in [0, 0.1) is 20.8 Å². The van der Waals surface area contributed by atoms with Crippen molar-refractivity contribution in [1.29, 1.82) is 0 Å². The molecule has 0 amide bonds. The van der Waals surface area contributed by atoms with E-state index in [9.17, 15) is 0 Å². The Labute approximate surface area is 150 Å². The summed E-state index contributed by atoms with van der Waals surface area (Å²) in [5.74, 6) is 0.903. The first kappa shape index (κ1) is 17.1.